The standard InChI is InChI=1S/C22H21FN6O3S/c1-3-22(15-7-5-4-6-8-15)19(31)29(20(32)24-22)27-17(30)13-33-21-26-25-18(28(21)2)14-9-11-16(23)12-10-14/h4-12H,3,13H2,1-2H3,(H,24,32)(H,27,30). The topological polar surface area (TPSA) is 109 Å². The fourth-order valence-electron chi connectivity index (χ4n) is 3.62. The third-order valence-corrected chi connectivity index (χ3v) is 6.41. The second kappa shape index (κ2) is 9.02. The molecule has 1 aromatic heterocycles. The maximum absolute atomic E-state index is 13.2. The Morgan fingerprint density at radius 2 is 1.82 bits per heavy atom. The lowest BCUT2D eigenvalue weighted by Gasteiger charge is -2.25. The highest BCUT2D eigenvalue weighted by Crippen LogP contribution is 2.31. The molecule has 9 nitrogen and oxygen atoms in total. The molecule has 1 fully saturated rings. The number of carbonyl (C=O) groups excluding carboxylic acids is 3. The Bertz CT molecular complexity index is 1200. The Morgan fingerprint density at radius 3 is 2.48 bits per heavy atom. The van der Waals surface area contributed by atoms with Crippen molar-refractivity contribution in [3.63, 3.8) is 0 Å². The molecule has 0 radical (unpaired) electrons. The number of thioether (sulfide) groups is 1. The van der Waals surface area contributed by atoms with Crippen LogP contribution in [0.5, 0.6) is 0 Å². The highest BCUT2D eigenvalue weighted by molar-refractivity contribution is 7.99. The predicted molar refractivity (Wildman–Crippen MR) is 119 cm³/mol. The van der Waals surface area contributed by atoms with Gasteiger partial charge in [-0.05, 0) is 36.2 Å². The van der Waals surface area contributed by atoms with Crippen molar-refractivity contribution in [1.82, 2.24) is 30.5 Å². The maximum atomic E-state index is 13.2. The highest BCUT2D eigenvalue weighted by atomic mass is 32.2. The lowest BCUT2D eigenvalue weighted by Crippen LogP contribution is -2.49. The number of nitrogens with zero attached hydrogens (tertiary/aromatic N) is 4. The Kier molecular flexibility index (Phi) is 6.14. The van der Waals surface area contributed by atoms with Crippen LogP contribution in [-0.4, -0.2) is 43.4 Å². The summed E-state index contributed by atoms with van der Waals surface area (Å²) in [4.78, 5) is 38.1. The molecular formula is C22H21FN6O3S. The molecule has 0 aliphatic carbocycles. The molecule has 170 valence electrons. The van der Waals surface area contributed by atoms with Gasteiger partial charge >= 0.3 is 6.03 Å². The van der Waals surface area contributed by atoms with Gasteiger partial charge in [0.15, 0.2) is 11.0 Å². The molecule has 2 aromatic carbocycles. The van der Waals surface area contributed by atoms with Crippen LogP contribution in [-0.2, 0) is 22.2 Å². The zero-order valence-electron chi connectivity index (χ0n) is 17.9. The van der Waals surface area contributed by atoms with Gasteiger partial charge in [0.2, 0.25) is 5.91 Å². The van der Waals surface area contributed by atoms with E-state index in [9.17, 15) is 18.8 Å². The van der Waals surface area contributed by atoms with Gasteiger partial charge in [-0.3, -0.25) is 15.0 Å². The molecule has 1 aliphatic rings. The molecule has 2 heterocycles. The number of hydrogen-bond donors (Lipinski definition) is 2. The number of rotatable bonds is 7. The van der Waals surface area contributed by atoms with E-state index >= 15 is 0 Å². The summed E-state index contributed by atoms with van der Waals surface area (Å²) in [6.45, 7) is 1.79. The quantitative estimate of drug-likeness (QED) is 0.408. The van der Waals surface area contributed by atoms with E-state index in [1.807, 2.05) is 6.07 Å². The molecule has 1 saturated heterocycles. The highest BCUT2D eigenvalue weighted by Gasteiger charge is 2.52. The predicted octanol–water partition coefficient (Wildman–Crippen LogP) is 2.60. The van der Waals surface area contributed by atoms with Gasteiger partial charge in [-0.2, -0.15) is 5.01 Å². The summed E-state index contributed by atoms with van der Waals surface area (Å²) in [6.07, 6.45) is 0.327. The molecule has 2 N–H and O–H groups in total. The van der Waals surface area contributed by atoms with Crippen molar-refractivity contribution >= 4 is 29.6 Å². The van der Waals surface area contributed by atoms with Crippen molar-refractivity contribution in [2.24, 2.45) is 7.05 Å². The first-order valence-corrected chi connectivity index (χ1v) is 11.1. The van der Waals surface area contributed by atoms with Crippen LogP contribution < -0.4 is 10.7 Å². The average Bonchev–Trinajstić information content (AvgIpc) is 3.31. The molecule has 0 spiro atoms. The number of benzene rings is 2. The zero-order valence-corrected chi connectivity index (χ0v) is 18.7. The number of aromatic nitrogens is 3. The molecule has 4 rings (SSSR count). The largest absolute Gasteiger partial charge is 0.344 e. The van der Waals surface area contributed by atoms with E-state index in [0.29, 0.717) is 28.5 Å². The SMILES string of the molecule is CCC1(c2ccccc2)NC(=O)N(NC(=O)CSc2nnc(-c3ccc(F)cc3)n2C)C1=O. The third-order valence-electron chi connectivity index (χ3n) is 5.39. The van der Waals surface area contributed by atoms with Gasteiger partial charge in [-0.25, -0.2) is 9.18 Å². The average molecular weight is 469 g/mol. The molecule has 4 amide bonds. The van der Waals surface area contributed by atoms with E-state index in [1.165, 1.54) is 12.1 Å². The first-order valence-electron chi connectivity index (χ1n) is 10.2. The van der Waals surface area contributed by atoms with Crippen LogP contribution in [0.3, 0.4) is 0 Å². The van der Waals surface area contributed by atoms with Crippen LogP contribution >= 0.6 is 11.8 Å². The number of amides is 4. The number of nitrogens with one attached hydrogen (secondary N) is 2. The Labute approximate surface area is 193 Å². The molecule has 1 atom stereocenters. The van der Waals surface area contributed by atoms with E-state index in [1.54, 1.807) is 54.9 Å². The van der Waals surface area contributed by atoms with E-state index in [4.69, 9.17) is 0 Å². The number of halogens is 1. The summed E-state index contributed by atoms with van der Waals surface area (Å²) in [5, 5.41) is 12.0. The van der Waals surface area contributed by atoms with Crippen molar-refractivity contribution in [3.8, 4) is 11.4 Å². The van der Waals surface area contributed by atoms with E-state index < -0.39 is 23.4 Å². The summed E-state index contributed by atoms with van der Waals surface area (Å²) in [5.41, 5.74) is 2.48. The first kappa shape index (κ1) is 22.5. The lowest BCUT2D eigenvalue weighted by molar-refractivity contribution is -0.138. The molecular weight excluding hydrogens is 447 g/mol. The van der Waals surface area contributed by atoms with Gasteiger partial charge in [0.05, 0.1) is 5.75 Å². The summed E-state index contributed by atoms with van der Waals surface area (Å²) in [6, 6.07) is 14.0. The number of hydrogen-bond acceptors (Lipinski definition) is 6. The smallest absolute Gasteiger partial charge is 0.318 e. The third kappa shape index (κ3) is 4.19. The minimum absolute atomic E-state index is 0.100. The van der Waals surface area contributed by atoms with Gasteiger partial charge in [0, 0.05) is 12.6 Å². The van der Waals surface area contributed by atoms with Crippen LogP contribution in [0.15, 0.2) is 59.8 Å². The summed E-state index contributed by atoms with van der Waals surface area (Å²) >= 11 is 1.10. The van der Waals surface area contributed by atoms with Crippen LogP contribution in [0.2, 0.25) is 0 Å². The molecule has 0 bridgehead atoms. The minimum atomic E-state index is -1.23. The first-order chi connectivity index (χ1) is 15.9. The van der Waals surface area contributed by atoms with E-state index in [0.717, 1.165) is 16.8 Å². The molecule has 1 unspecified atom stereocenters. The van der Waals surface area contributed by atoms with Gasteiger partial charge in [-0.1, -0.05) is 49.0 Å². The fraction of sp³-hybridized carbons (Fsp3) is 0.227. The van der Waals surface area contributed by atoms with Gasteiger partial charge in [0.1, 0.15) is 11.4 Å². The molecule has 33 heavy (non-hydrogen) atoms. The number of carbonyl (C=O) groups is 3. The van der Waals surface area contributed by atoms with Crippen molar-refractivity contribution in [2.45, 2.75) is 24.0 Å². The fourth-order valence-corrected chi connectivity index (χ4v) is 4.32. The monoisotopic (exact) mass is 468 g/mol. The molecule has 1 aliphatic heterocycles. The van der Waals surface area contributed by atoms with Crippen LogP contribution in [0, 0.1) is 5.82 Å². The Hall–Kier alpha value is -3.73. The lowest BCUT2D eigenvalue weighted by atomic mass is 9.87. The van der Waals surface area contributed by atoms with Gasteiger partial charge < -0.3 is 9.88 Å². The number of imide groups is 1. The van der Waals surface area contributed by atoms with Crippen molar-refractivity contribution in [1.29, 1.82) is 0 Å². The summed E-state index contributed by atoms with van der Waals surface area (Å²) < 4.78 is 14.8. The van der Waals surface area contributed by atoms with Gasteiger partial charge in [-0.15, -0.1) is 10.2 Å². The maximum Gasteiger partial charge on any atom is 0.344 e. The summed E-state index contributed by atoms with van der Waals surface area (Å²) in [5.74, 6) is -1.03. The second-order valence-corrected chi connectivity index (χ2v) is 8.33. The van der Waals surface area contributed by atoms with E-state index in [-0.39, 0.29) is 11.6 Å². The Balaban J connectivity index is 1.42. The number of hydrazine groups is 1. The van der Waals surface area contributed by atoms with Crippen LogP contribution in [0.1, 0.15) is 18.9 Å². The number of urea groups is 1. The van der Waals surface area contributed by atoms with Crippen molar-refractivity contribution in [3.05, 3.63) is 66.0 Å². The van der Waals surface area contributed by atoms with E-state index in [2.05, 4.69) is 20.9 Å². The minimum Gasteiger partial charge on any atom is -0.318 e. The zero-order chi connectivity index (χ0) is 23.6. The second-order valence-electron chi connectivity index (χ2n) is 7.39. The normalized spacial score (nSPS) is 17.8. The van der Waals surface area contributed by atoms with Crippen LogP contribution in [0.25, 0.3) is 11.4 Å². The summed E-state index contributed by atoms with van der Waals surface area (Å²) in [7, 11) is 1.73. The molecule has 11 heteroatoms. The van der Waals surface area contributed by atoms with Gasteiger partial charge in [0.25, 0.3) is 5.91 Å². The Morgan fingerprint density at radius 1 is 1.12 bits per heavy atom. The van der Waals surface area contributed by atoms with Crippen molar-refractivity contribution < 1.29 is 18.8 Å². The molecule has 0 saturated carbocycles. The van der Waals surface area contributed by atoms with Crippen LogP contribution in [0.4, 0.5) is 9.18 Å². The molecule has 3 aromatic rings. The van der Waals surface area contributed by atoms with Crippen molar-refractivity contribution in [2.75, 3.05) is 5.75 Å².